The van der Waals surface area contributed by atoms with Crippen molar-refractivity contribution < 1.29 is 0 Å². The minimum absolute atomic E-state index is 0.446. The summed E-state index contributed by atoms with van der Waals surface area (Å²) >= 11 is 0. The summed E-state index contributed by atoms with van der Waals surface area (Å²) in [6.07, 6.45) is 9.52. The van der Waals surface area contributed by atoms with E-state index in [-0.39, 0.29) is 0 Å². The van der Waals surface area contributed by atoms with Crippen LogP contribution in [0.5, 0.6) is 0 Å². The van der Waals surface area contributed by atoms with Gasteiger partial charge in [0.05, 0.1) is 0 Å². The van der Waals surface area contributed by atoms with Gasteiger partial charge in [0.15, 0.2) is 0 Å². The molecule has 0 heterocycles. The van der Waals surface area contributed by atoms with E-state index in [4.69, 9.17) is 5.73 Å². The van der Waals surface area contributed by atoms with Crippen molar-refractivity contribution in [3.63, 3.8) is 0 Å². The molecule has 0 amide bonds. The van der Waals surface area contributed by atoms with E-state index in [1.165, 1.54) is 44.9 Å². The average Bonchev–Trinajstić information content (AvgIpc) is 2.25. The van der Waals surface area contributed by atoms with E-state index >= 15 is 0 Å². The van der Waals surface area contributed by atoms with Gasteiger partial charge >= 0.3 is 0 Å². The maximum Gasteiger partial charge on any atom is 0.00416 e. The van der Waals surface area contributed by atoms with Crippen molar-refractivity contribution >= 4 is 0 Å². The van der Waals surface area contributed by atoms with Crippen LogP contribution in [0.3, 0.4) is 0 Å². The average molecular weight is 239 g/mol. The molecule has 0 radical (unpaired) electrons. The van der Waals surface area contributed by atoms with Gasteiger partial charge in [0.25, 0.3) is 0 Å². The van der Waals surface area contributed by atoms with Gasteiger partial charge in [-0.05, 0) is 42.9 Å². The Bertz CT molecular complexity index is 198. The lowest BCUT2D eigenvalue weighted by Crippen LogP contribution is -2.28. The molecular weight excluding hydrogens is 206 g/mol. The number of rotatable bonds is 2. The molecule has 1 nitrogen and oxygen atoms in total. The summed E-state index contributed by atoms with van der Waals surface area (Å²) in [4.78, 5) is 0. The van der Waals surface area contributed by atoms with Gasteiger partial charge in [0, 0.05) is 6.04 Å². The summed E-state index contributed by atoms with van der Waals surface area (Å²) in [6, 6.07) is 0.446. The molecule has 1 fully saturated rings. The van der Waals surface area contributed by atoms with Gasteiger partial charge in [-0.1, -0.05) is 53.4 Å². The minimum atomic E-state index is 0.446. The summed E-state index contributed by atoms with van der Waals surface area (Å²) in [5.41, 5.74) is 6.32. The molecule has 1 saturated carbocycles. The first kappa shape index (κ1) is 15.0. The lowest BCUT2D eigenvalue weighted by Gasteiger charge is -2.29. The molecule has 0 aliphatic heterocycles. The van der Waals surface area contributed by atoms with Gasteiger partial charge in [0.1, 0.15) is 0 Å². The van der Waals surface area contributed by atoms with Crippen LogP contribution in [0, 0.1) is 23.7 Å². The van der Waals surface area contributed by atoms with Crippen LogP contribution in [0.1, 0.15) is 72.6 Å². The molecule has 0 spiro atoms. The Kier molecular flexibility index (Phi) is 6.54. The second-order valence-electron chi connectivity index (χ2n) is 6.87. The van der Waals surface area contributed by atoms with Gasteiger partial charge < -0.3 is 5.73 Å². The molecule has 1 heteroatoms. The zero-order valence-electron chi connectivity index (χ0n) is 12.4. The van der Waals surface area contributed by atoms with Gasteiger partial charge in [-0.25, -0.2) is 0 Å². The molecule has 0 aromatic heterocycles. The van der Waals surface area contributed by atoms with E-state index in [9.17, 15) is 0 Å². The van der Waals surface area contributed by atoms with Crippen LogP contribution in [0.15, 0.2) is 0 Å². The van der Waals surface area contributed by atoms with E-state index in [1.54, 1.807) is 0 Å². The Balaban J connectivity index is 2.50. The van der Waals surface area contributed by atoms with E-state index in [0.29, 0.717) is 6.04 Å². The van der Waals surface area contributed by atoms with Crippen molar-refractivity contribution in [2.75, 3.05) is 0 Å². The molecule has 102 valence electrons. The van der Waals surface area contributed by atoms with Crippen molar-refractivity contribution in [1.82, 2.24) is 0 Å². The highest BCUT2D eigenvalue weighted by Crippen LogP contribution is 2.30. The van der Waals surface area contributed by atoms with Gasteiger partial charge in [0.2, 0.25) is 0 Å². The molecule has 1 aliphatic carbocycles. The van der Waals surface area contributed by atoms with Crippen molar-refractivity contribution in [3.8, 4) is 0 Å². The van der Waals surface area contributed by atoms with Crippen LogP contribution in [0.25, 0.3) is 0 Å². The largest absolute Gasteiger partial charge is 0.328 e. The van der Waals surface area contributed by atoms with Crippen LogP contribution in [0.2, 0.25) is 0 Å². The lowest BCUT2D eigenvalue weighted by molar-refractivity contribution is 0.247. The van der Waals surface area contributed by atoms with Crippen molar-refractivity contribution in [2.24, 2.45) is 29.4 Å². The first-order valence-corrected chi connectivity index (χ1v) is 7.76. The molecule has 1 rings (SSSR count). The molecule has 3 atom stereocenters. The molecule has 0 bridgehead atoms. The summed E-state index contributed by atoms with van der Waals surface area (Å²) in [5.74, 6) is 3.42. The summed E-state index contributed by atoms with van der Waals surface area (Å²) < 4.78 is 0. The SMILES string of the molecule is CC(C)C1CCCCC(C(C)C)CC(N)CC1. The molecule has 0 saturated heterocycles. The van der Waals surface area contributed by atoms with E-state index in [0.717, 1.165) is 23.7 Å². The van der Waals surface area contributed by atoms with Crippen molar-refractivity contribution in [1.29, 1.82) is 0 Å². The van der Waals surface area contributed by atoms with Crippen LogP contribution >= 0.6 is 0 Å². The smallest absolute Gasteiger partial charge is 0.00416 e. The fraction of sp³-hybridized carbons (Fsp3) is 1.00. The number of hydrogen-bond acceptors (Lipinski definition) is 1. The summed E-state index contributed by atoms with van der Waals surface area (Å²) in [5, 5.41) is 0. The maximum absolute atomic E-state index is 6.32. The van der Waals surface area contributed by atoms with Crippen molar-refractivity contribution in [3.05, 3.63) is 0 Å². The Morgan fingerprint density at radius 1 is 0.765 bits per heavy atom. The summed E-state index contributed by atoms with van der Waals surface area (Å²) in [7, 11) is 0. The van der Waals surface area contributed by atoms with Crippen LogP contribution < -0.4 is 5.73 Å². The predicted octanol–water partition coefficient (Wildman–Crippen LogP) is 4.60. The first-order chi connectivity index (χ1) is 8.00. The zero-order chi connectivity index (χ0) is 12.8. The zero-order valence-corrected chi connectivity index (χ0v) is 12.4. The molecule has 17 heavy (non-hydrogen) atoms. The highest BCUT2D eigenvalue weighted by atomic mass is 14.6. The van der Waals surface area contributed by atoms with Gasteiger partial charge in [-0.2, -0.15) is 0 Å². The highest BCUT2D eigenvalue weighted by molar-refractivity contribution is 4.75. The van der Waals surface area contributed by atoms with E-state index in [2.05, 4.69) is 27.7 Å². The second-order valence-corrected chi connectivity index (χ2v) is 6.87. The molecule has 2 N–H and O–H groups in total. The lowest BCUT2D eigenvalue weighted by atomic mass is 9.79. The monoisotopic (exact) mass is 239 g/mol. The summed E-state index contributed by atoms with van der Waals surface area (Å²) in [6.45, 7) is 9.47. The van der Waals surface area contributed by atoms with Crippen molar-refractivity contribution in [2.45, 2.75) is 78.7 Å². The Morgan fingerprint density at radius 2 is 1.29 bits per heavy atom. The van der Waals surface area contributed by atoms with Crippen LogP contribution in [-0.4, -0.2) is 6.04 Å². The maximum atomic E-state index is 6.32. The standard InChI is InChI=1S/C16H33N/c1-12(2)14-7-5-6-8-15(13(3)4)11-16(17)10-9-14/h12-16H,5-11,17H2,1-4H3. The fourth-order valence-electron chi connectivity index (χ4n) is 3.28. The third-order valence-corrected chi connectivity index (χ3v) is 4.80. The topological polar surface area (TPSA) is 26.0 Å². The molecule has 3 unspecified atom stereocenters. The molecule has 0 aromatic rings. The number of nitrogens with two attached hydrogens (primary N) is 1. The van der Waals surface area contributed by atoms with E-state index in [1.807, 2.05) is 0 Å². The normalized spacial score (nSPS) is 33.0. The second kappa shape index (κ2) is 7.41. The first-order valence-electron chi connectivity index (χ1n) is 7.76. The predicted molar refractivity (Wildman–Crippen MR) is 77.0 cm³/mol. The number of hydrogen-bond donors (Lipinski definition) is 1. The Morgan fingerprint density at radius 3 is 1.82 bits per heavy atom. The van der Waals surface area contributed by atoms with Gasteiger partial charge in [-0.3, -0.25) is 0 Å². The van der Waals surface area contributed by atoms with Crippen LogP contribution in [-0.2, 0) is 0 Å². The highest BCUT2D eigenvalue weighted by Gasteiger charge is 2.21. The Hall–Kier alpha value is -0.0400. The molecule has 1 aliphatic rings. The third-order valence-electron chi connectivity index (χ3n) is 4.80. The third kappa shape index (κ3) is 5.42. The Labute approximate surface area is 109 Å². The molecule has 0 aromatic carbocycles. The quantitative estimate of drug-likeness (QED) is 0.748. The fourth-order valence-corrected chi connectivity index (χ4v) is 3.28. The van der Waals surface area contributed by atoms with Crippen LogP contribution in [0.4, 0.5) is 0 Å². The van der Waals surface area contributed by atoms with Gasteiger partial charge in [-0.15, -0.1) is 0 Å². The minimum Gasteiger partial charge on any atom is -0.328 e. The van der Waals surface area contributed by atoms with E-state index < -0.39 is 0 Å². The molecular formula is C16H33N.